The van der Waals surface area contributed by atoms with E-state index in [2.05, 4.69) is 24.1 Å². The molecule has 0 unspecified atom stereocenters. The maximum Gasteiger partial charge on any atom is 0.237 e. The van der Waals surface area contributed by atoms with Crippen molar-refractivity contribution in [1.82, 2.24) is 4.90 Å². The molecule has 1 saturated heterocycles. The van der Waals surface area contributed by atoms with E-state index in [9.17, 15) is 9.59 Å². The maximum absolute atomic E-state index is 12.4. The minimum atomic E-state index is -0.268. The third-order valence-electron chi connectivity index (χ3n) is 4.19. The Morgan fingerprint density at radius 2 is 2.04 bits per heavy atom. The first-order valence-electron chi connectivity index (χ1n) is 8.46. The molecule has 24 heavy (non-hydrogen) atoms. The van der Waals surface area contributed by atoms with Crippen LogP contribution in [0.15, 0.2) is 24.3 Å². The molecule has 132 valence electrons. The molecule has 2 rings (SSSR count). The van der Waals surface area contributed by atoms with Crippen molar-refractivity contribution in [3.05, 3.63) is 29.8 Å². The highest BCUT2D eigenvalue weighted by atomic mass is 32.2. The predicted octanol–water partition coefficient (Wildman–Crippen LogP) is 2.60. The Labute approximate surface area is 148 Å². The van der Waals surface area contributed by atoms with Crippen LogP contribution in [0, 0.1) is 0 Å². The minimum Gasteiger partial charge on any atom is -0.368 e. The largest absolute Gasteiger partial charge is 0.368 e. The number of nitrogens with zero attached hydrogens (tertiary/aromatic N) is 1. The van der Waals surface area contributed by atoms with Gasteiger partial charge in [0.15, 0.2) is 0 Å². The molecule has 0 saturated carbocycles. The maximum atomic E-state index is 12.4. The Hall–Kier alpha value is -1.53. The van der Waals surface area contributed by atoms with E-state index in [1.54, 1.807) is 11.8 Å². The van der Waals surface area contributed by atoms with Gasteiger partial charge in [-0.2, -0.15) is 0 Å². The molecule has 1 aliphatic rings. The number of para-hydroxylation sites is 1. The molecule has 1 aliphatic heterocycles. The summed E-state index contributed by atoms with van der Waals surface area (Å²) >= 11 is 1.64. The van der Waals surface area contributed by atoms with Crippen LogP contribution in [0.3, 0.4) is 0 Å². The molecule has 0 aliphatic carbocycles. The van der Waals surface area contributed by atoms with Gasteiger partial charge in [0.2, 0.25) is 11.8 Å². The molecule has 0 radical (unpaired) electrons. The Bertz CT molecular complexity index is 591. The average molecular weight is 350 g/mol. The van der Waals surface area contributed by atoms with Crippen LogP contribution in [0.4, 0.5) is 5.69 Å². The summed E-state index contributed by atoms with van der Waals surface area (Å²) in [6.07, 6.45) is 1.79. The molecular weight excluding hydrogens is 322 g/mol. The highest BCUT2D eigenvalue weighted by Gasteiger charge is 2.29. The number of nitrogens with two attached hydrogens (primary N) is 1. The number of hydrogen-bond acceptors (Lipinski definition) is 4. The number of rotatable bonds is 7. The number of thioether (sulfide) groups is 1. The van der Waals surface area contributed by atoms with Gasteiger partial charge in [-0.05, 0) is 43.2 Å². The van der Waals surface area contributed by atoms with E-state index < -0.39 is 0 Å². The van der Waals surface area contributed by atoms with Crippen LogP contribution in [0.2, 0.25) is 0 Å². The van der Waals surface area contributed by atoms with Crippen LogP contribution < -0.4 is 11.1 Å². The van der Waals surface area contributed by atoms with E-state index in [0.29, 0.717) is 11.8 Å². The first kappa shape index (κ1) is 18.8. The molecule has 0 bridgehead atoms. The molecule has 1 aromatic carbocycles. The summed E-state index contributed by atoms with van der Waals surface area (Å²) in [5.74, 6) is -0.259. The lowest BCUT2D eigenvalue weighted by atomic mass is 10.1. The van der Waals surface area contributed by atoms with E-state index >= 15 is 0 Å². The topological polar surface area (TPSA) is 75.4 Å². The zero-order valence-corrected chi connectivity index (χ0v) is 15.4. The lowest BCUT2D eigenvalue weighted by Crippen LogP contribution is -2.39. The number of carbonyl (C=O) groups excluding carboxylic acids is 2. The average Bonchev–Trinajstić information content (AvgIpc) is 2.97. The van der Waals surface area contributed by atoms with Crippen LogP contribution in [-0.2, 0) is 16.1 Å². The van der Waals surface area contributed by atoms with Gasteiger partial charge in [0.05, 0.1) is 11.3 Å². The van der Waals surface area contributed by atoms with Crippen LogP contribution >= 0.6 is 11.8 Å². The number of nitrogens with one attached hydrogen (secondary N) is 1. The molecule has 2 atom stereocenters. The first-order chi connectivity index (χ1) is 11.4. The Kier molecular flexibility index (Phi) is 6.69. The van der Waals surface area contributed by atoms with Crippen molar-refractivity contribution >= 4 is 29.3 Å². The van der Waals surface area contributed by atoms with Crippen molar-refractivity contribution in [2.75, 3.05) is 11.9 Å². The van der Waals surface area contributed by atoms with Crippen LogP contribution in [0.25, 0.3) is 0 Å². The van der Waals surface area contributed by atoms with E-state index in [-0.39, 0.29) is 23.1 Å². The third kappa shape index (κ3) is 4.98. The lowest BCUT2D eigenvalue weighted by molar-refractivity contribution is -0.122. The Morgan fingerprint density at radius 3 is 2.71 bits per heavy atom. The smallest absolute Gasteiger partial charge is 0.237 e. The number of likely N-dealkylation sites (tertiary alicyclic amines) is 1. The van der Waals surface area contributed by atoms with Gasteiger partial charge in [0.25, 0.3) is 0 Å². The van der Waals surface area contributed by atoms with Crippen LogP contribution in [0.1, 0.15) is 39.2 Å². The zero-order chi connectivity index (χ0) is 17.7. The quantitative estimate of drug-likeness (QED) is 0.793. The molecule has 0 aromatic heterocycles. The summed E-state index contributed by atoms with van der Waals surface area (Å²) in [4.78, 5) is 26.1. The standard InChI is InChI=1S/C18H27N3O2S/c1-12(2)24-13(3)18(23)20-15-8-5-4-7-14(15)11-21-10-6-9-16(21)17(19)22/h4-5,7-8,12-13,16H,6,9-11H2,1-3H3,(H2,19,22)(H,20,23)/t13-,16+/m0/s1. The highest BCUT2D eigenvalue weighted by molar-refractivity contribution is 8.01. The monoisotopic (exact) mass is 349 g/mol. The van der Waals surface area contributed by atoms with Crippen molar-refractivity contribution in [2.24, 2.45) is 5.73 Å². The van der Waals surface area contributed by atoms with Crippen molar-refractivity contribution < 1.29 is 9.59 Å². The highest BCUT2D eigenvalue weighted by Crippen LogP contribution is 2.25. The number of carbonyl (C=O) groups is 2. The van der Waals surface area contributed by atoms with Crippen molar-refractivity contribution in [3.63, 3.8) is 0 Å². The molecule has 1 heterocycles. The summed E-state index contributed by atoms with van der Waals surface area (Å²) in [5.41, 5.74) is 7.32. The summed E-state index contributed by atoms with van der Waals surface area (Å²) in [7, 11) is 0. The van der Waals surface area contributed by atoms with Gasteiger partial charge in [0, 0.05) is 12.2 Å². The zero-order valence-electron chi connectivity index (χ0n) is 14.6. The molecular formula is C18H27N3O2S. The summed E-state index contributed by atoms with van der Waals surface area (Å²) in [5, 5.41) is 3.33. The fraction of sp³-hybridized carbons (Fsp3) is 0.556. The van der Waals surface area contributed by atoms with E-state index in [4.69, 9.17) is 5.73 Å². The lowest BCUT2D eigenvalue weighted by Gasteiger charge is -2.23. The van der Waals surface area contributed by atoms with Gasteiger partial charge in [-0.25, -0.2) is 0 Å². The minimum absolute atomic E-state index is 0.00835. The molecule has 0 spiro atoms. The fourth-order valence-electron chi connectivity index (χ4n) is 3.04. The van der Waals surface area contributed by atoms with Gasteiger partial charge < -0.3 is 11.1 Å². The van der Waals surface area contributed by atoms with Gasteiger partial charge in [0.1, 0.15) is 0 Å². The molecule has 1 aromatic rings. The first-order valence-corrected chi connectivity index (χ1v) is 9.40. The van der Waals surface area contributed by atoms with Crippen molar-refractivity contribution in [1.29, 1.82) is 0 Å². The van der Waals surface area contributed by atoms with Gasteiger partial charge in [-0.1, -0.05) is 32.0 Å². The summed E-state index contributed by atoms with van der Waals surface area (Å²) in [6.45, 7) is 7.57. The summed E-state index contributed by atoms with van der Waals surface area (Å²) in [6, 6.07) is 7.56. The van der Waals surface area contributed by atoms with E-state index in [1.165, 1.54) is 0 Å². The van der Waals surface area contributed by atoms with Gasteiger partial charge >= 0.3 is 0 Å². The Balaban J connectivity index is 2.07. The van der Waals surface area contributed by atoms with E-state index in [0.717, 1.165) is 30.6 Å². The summed E-state index contributed by atoms with van der Waals surface area (Å²) < 4.78 is 0. The molecule has 3 N–H and O–H groups in total. The van der Waals surface area contributed by atoms with Gasteiger partial charge in [-0.15, -0.1) is 11.8 Å². The SMILES string of the molecule is CC(C)S[C@@H](C)C(=O)Nc1ccccc1CN1CCC[C@@H]1C(N)=O. The molecule has 2 amide bonds. The van der Waals surface area contributed by atoms with Crippen molar-refractivity contribution in [2.45, 2.75) is 56.7 Å². The number of amides is 2. The Morgan fingerprint density at radius 1 is 1.33 bits per heavy atom. The number of primary amides is 1. The molecule has 6 heteroatoms. The predicted molar refractivity (Wildman–Crippen MR) is 99.9 cm³/mol. The normalized spacial score (nSPS) is 19.4. The number of hydrogen-bond donors (Lipinski definition) is 2. The van der Waals surface area contributed by atoms with Crippen LogP contribution in [-0.4, -0.2) is 39.8 Å². The van der Waals surface area contributed by atoms with Crippen LogP contribution in [0.5, 0.6) is 0 Å². The second-order valence-corrected chi connectivity index (χ2v) is 8.43. The van der Waals surface area contributed by atoms with Crippen molar-refractivity contribution in [3.8, 4) is 0 Å². The fourth-order valence-corrected chi connectivity index (χ4v) is 4.04. The number of anilines is 1. The van der Waals surface area contributed by atoms with Gasteiger partial charge in [-0.3, -0.25) is 14.5 Å². The second kappa shape index (κ2) is 8.53. The second-order valence-electron chi connectivity index (χ2n) is 6.50. The molecule has 1 fully saturated rings. The number of benzene rings is 1. The molecule has 5 nitrogen and oxygen atoms in total. The third-order valence-corrected chi connectivity index (χ3v) is 5.35. The van der Waals surface area contributed by atoms with E-state index in [1.807, 2.05) is 31.2 Å².